The maximum absolute atomic E-state index is 12.6. The van der Waals surface area contributed by atoms with Crippen LogP contribution in [0.4, 0.5) is 0 Å². The standard InChI is InChI=1S/C24H40O8S/c1-2-3-4-5-6-7-8-9-10-11-12-17-13-15-18(16-14-17)33(30,31)32-24-22(28)20(26)19(25)21(27)23(24)29/h13-16,19-29H,2-12H2,1H3/t19?,20-,21+,22-,23-,24?/m1/s1. The van der Waals surface area contributed by atoms with Gasteiger partial charge in [-0.15, -0.1) is 0 Å². The van der Waals surface area contributed by atoms with E-state index in [2.05, 4.69) is 6.92 Å². The Morgan fingerprint density at radius 1 is 0.667 bits per heavy atom. The Labute approximate surface area is 197 Å². The zero-order valence-corrected chi connectivity index (χ0v) is 20.2. The zero-order valence-electron chi connectivity index (χ0n) is 19.4. The molecule has 1 aromatic carbocycles. The lowest BCUT2D eigenvalue weighted by Crippen LogP contribution is -2.64. The first-order chi connectivity index (χ1) is 15.7. The number of unbranched alkanes of at least 4 members (excludes halogenated alkanes) is 9. The molecule has 0 amide bonds. The summed E-state index contributed by atoms with van der Waals surface area (Å²) in [5.41, 5.74) is 1.00. The fourth-order valence-electron chi connectivity index (χ4n) is 4.15. The van der Waals surface area contributed by atoms with Gasteiger partial charge in [0.1, 0.15) is 36.6 Å². The van der Waals surface area contributed by atoms with Crippen LogP contribution < -0.4 is 0 Å². The third-order valence-electron chi connectivity index (χ3n) is 6.34. The molecule has 2 unspecified atom stereocenters. The molecule has 5 N–H and O–H groups in total. The average Bonchev–Trinajstić information content (AvgIpc) is 2.81. The molecule has 9 heteroatoms. The van der Waals surface area contributed by atoms with Crippen molar-refractivity contribution in [3.63, 3.8) is 0 Å². The fraction of sp³-hybridized carbons (Fsp3) is 0.750. The summed E-state index contributed by atoms with van der Waals surface area (Å²) in [6.45, 7) is 2.22. The highest BCUT2D eigenvalue weighted by atomic mass is 32.2. The minimum absolute atomic E-state index is 0.163. The first-order valence-electron chi connectivity index (χ1n) is 12.1. The minimum Gasteiger partial charge on any atom is -0.387 e. The van der Waals surface area contributed by atoms with Gasteiger partial charge in [-0.1, -0.05) is 76.8 Å². The molecule has 190 valence electrons. The Bertz CT molecular complexity index is 766. The third-order valence-corrected chi connectivity index (χ3v) is 7.67. The highest BCUT2D eigenvalue weighted by Gasteiger charge is 2.50. The van der Waals surface area contributed by atoms with E-state index in [1.807, 2.05) is 0 Å². The summed E-state index contributed by atoms with van der Waals surface area (Å²) in [7, 11) is -4.37. The van der Waals surface area contributed by atoms with Crippen molar-refractivity contribution in [2.45, 2.75) is 119 Å². The summed E-state index contributed by atoms with van der Waals surface area (Å²) in [6, 6.07) is 6.19. The molecule has 2 rings (SSSR count). The molecule has 0 saturated heterocycles. The van der Waals surface area contributed by atoms with E-state index in [1.54, 1.807) is 12.1 Å². The van der Waals surface area contributed by atoms with E-state index in [-0.39, 0.29) is 4.90 Å². The number of hydrogen-bond donors (Lipinski definition) is 5. The molecule has 1 fully saturated rings. The first kappa shape index (κ1) is 28.2. The normalized spacial score (nSPS) is 28.2. The first-order valence-corrected chi connectivity index (χ1v) is 13.5. The van der Waals surface area contributed by atoms with Crippen LogP contribution in [0.25, 0.3) is 0 Å². The maximum atomic E-state index is 12.6. The van der Waals surface area contributed by atoms with Crippen molar-refractivity contribution >= 4 is 10.1 Å². The highest BCUT2D eigenvalue weighted by Crippen LogP contribution is 2.27. The zero-order chi connectivity index (χ0) is 24.4. The van der Waals surface area contributed by atoms with E-state index >= 15 is 0 Å². The Morgan fingerprint density at radius 2 is 1.09 bits per heavy atom. The third kappa shape index (κ3) is 8.28. The lowest BCUT2D eigenvalue weighted by atomic mass is 9.85. The number of rotatable bonds is 14. The molecule has 0 aromatic heterocycles. The molecule has 1 aromatic rings. The Balaban J connectivity index is 1.78. The molecular formula is C24H40O8S. The molecule has 6 atom stereocenters. The second-order valence-corrected chi connectivity index (χ2v) is 10.6. The van der Waals surface area contributed by atoms with Gasteiger partial charge in [0.25, 0.3) is 10.1 Å². The van der Waals surface area contributed by atoms with E-state index in [4.69, 9.17) is 4.18 Å². The molecule has 8 nitrogen and oxygen atoms in total. The van der Waals surface area contributed by atoms with Crippen LogP contribution in [-0.2, 0) is 20.7 Å². The van der Waals surface area contributed by atoms with Crippen LogP contribution in [-0.4, -0.2) is 70.6 Å². The SMILES string of the molecule is CCCCCCCCCCCCc1ccc(S(=O)(=O)OC2[C@H](O)[C@H](O)C(O)[C@H](O)[C@H]2O)cc1. The smallest absolute Gasteiger partial charge is 0.297 e. The maximum Gasteiger partial charge on any atom is 0.297 e. The van der Waals surface area contributed by atoms with Crippen molar-refractivity contribution in [3.05, 3.63) is 29.8 Å². The van der Waals surface area contributed by atoms with E-state index in [0.29, 0.717) is 0 Å². The van der Waals surface area contributed by atoms with E-state index in [1.165, 1.54) is 63.5 Å². The van der Waals surface area contributed by atoms with Crippen LogP contribution in [0.3, 0.4) is 0 Å². The summed E-state index contributed by atoms with van der Waals surface area (Å²) < 4.78 is 30.1. The number of aliphatic hydroxyl groups is 5. The highest BCUT2D eigenvalue weighted by molar-refractivity contribution is 7.86. The van der Waals surface area contributed by atoms with Gasteiger partial charge in [-0.05, 0) is 30.5 Å². The summed E-state index contributed by atoms with van der Waals surface area (Å²) in [6.07, 6.45) is 2.20. The van der Waals surface area contributed by atoms with Crippen LogP contribution >= 0.6 is 0 Å². The van der Waals surface area contributed by atoms with E-state index in [0.717, 1.165) is 24.8 Å². The second-order valence-electron chi connectivity index (χ2n) is 9.04. The predicted octanol–water partition coefficient (Wildman–Crippen LogP) is 2.04. The molecule has 1 aliphatic rings. The summed E-state index contributed by atoms with van der Waals surface area (Å²) in [5.74, 6) is 0. The van der Waals surface area contributed by atoms with Gasteiger partial charge in [0.05, 0.1) is 4.90 Å². The van der Waals surface area contributed by atoms with Crippen LogP contribution in [0, 0.1) is 0 Å². The molecular weight excluding hydrogens is 448 g/mol. The topological polar surface area (TPSA) is 145 Å². The van der Waals surface area contributed by atoms with Gasteiger partial charge in [-0.25, -0.2) is 0 Å². The van der Waals surface area contributed by atoms with Crippen LogP contribution in [0.15, 0.2) is 29.2 Å². The minimum atomic E-state index is -4.37. The Morgan fingerprint density at radius 3 is 1.58 bits per heavy atom. The van der Waals surface area contributed by atoms with Gasteiger partial charge in [-0.3, -0.25) is 4.18 Å². The molecule has 0 aliphatic heterocycles. The summed E-state index contributed by atoms with van der Waals surface area (Å²) in [5, 5.41) is 49.1. The van der Waals surface area contributed by atoms with Crippen molar-refractivity contribution in [2.24, 2.45) is 0 Å². The molecule has 1 aliphatic carbocycles. The van der Waals surface area contributed by atoms with E-state index in [9.17, 15) is 34.0 Å². The van der Waals surface area contributed by atoms with Crippen LogP contribution in [0.5, 0.6) is 0 Å². The summed E-state index contributed by atoms with van der Waals surface area (Å²) in [4.78, 5) is -0.163. The van der Waals surface area contributed by atoms with Gasteiger partial charge in [0.15, 0.2) is 0 Å². The van der Waals surface area contributed by atoms with E-state index < -0.39 is 46.7 Å². The number of aliphatic hydroxyl groups excluding tert-OH is 5. The van der Waals surface area contributed by atoms with Crippen molar-refractivity contribution in [1.29, 1.82) is 0 Å². The largest absolute Gasteiger partial charge is 0.387 e. The van der Waals surface area contributed by atoms with Gasteiger partial charge >= 0.3 is 0 Å². The molecule has 0 bridgehead atoms. The van der Waals surface area contributed by atoms with Crippen molar-refractivity contribution in [1.82, 2.24) is 0 Å². The quantitative estimate of drug-likeness (QED) is 0.198. The monoisotopic (exact) mass is 488 g/mol. The summed E-state index contributed by atoms with van der Waals surface area (Å²) >= 11 is 0. The van der Waals surface area contributed by atoms with Gasteiger partial charge in [0.2, 0.25) is 0 Å². The second kappa shape index (κ2) is 13.7. The lowest BCUT2D eigenvalue weighted by Gasteiger charge is -2.40. The van der Waals surface area contributed by atoms with Crippen molar-refractivity contribution in [3.8, 4) is 0 Å². The number of benzene rings is 1. The molecule has 0 radical (unpaired) electrons. The predicted molar refractivity (Wildman–Crippen MR) is 124 cm³/mol. The average molecular weight is 489 g/mol. The molecule has 0 spiro atoms. The van der Waals surface area contributed by atoms with Gasteiger partial charge in [0, 0.05) is 0 Å². The number of hydrogen-bond acceptors (Lipinski definition) is 8. The molecule has 1 saturated carbocycles. The number of aryl methyl sites for hydroxylation is 1. The van der Waals surface area contributed by atoms with Crippen LogP contribution in [0.1, 0.15) is 76.7 Å². The molecule has 33 heavy (non-hydrogen) atoms. The lowest BCUT2D eigenvalue weighted by molar-refractivity contribution is -0.216. The van der Waals surface area contributed by atoms with Gasteiger partial charge < -0.3 is 25.5 Å². The van der Waals surface area contributed by atoms with Crippen LogP contribution in [0.2, 0.25) is 0 Å². The Kier molecular flexibility index (Phi) is 11.7. The van der Waals surface area contributed by atoms with Crippen molar-refractivity contribution in [2.75, 3.05) is 0 Å². The van der Waals surface area contributed by atoms with Crippen molar-refractivity contribution < 1.29 is 38.1 Å². The van der Waals surface area contributed by atoms with Gasteiger partial charge in [-0.2, -0.15) is 8.42 Å². The fourth-order valence-corrected chi connectivity index (χ4v) is 5.25. The molecule has 0 heterocycles. The Hall–Kier alpha value is -1.07.